The Labute approximate surface area is 126 Å². The van der Waals surface area contributed by atoms with Crippen LogP contribution >= 0.6 is 0 Å². The van der Waals surface area contributed by atoms with Gasteiger partial charge in [0.05, 0.1) is 17.8 Å². The van der Waals surface area contributed by atoms with E-state index in [1.165, 1.54) is 0 Å². The summed E-state index contributed by atoms with van der Waals surface area (Å²) < 4.78 is 0. The van der Waals surface area contributed by atoms with Crippen LogP contribution < -0.4 is 5.32 Å². The molecular weight excluding hydrogens is 266 g/mol. The molecule has 5 nitrogen and oxygen atoms in total. The zero-order valence-electron chi connectivity index (χ0n) is 12.8. The summed E-state index contributed by atoms with van der Waals surface area (Å²) >= 11 is 0. The van der Waals surface area contributed by atoms with Gasteiger partial charge in [-0.25, -0.2) is 0 Å². The van der Waals surface area contributed by atoms with E-state index in [9.17, 15) is 9.90 Å². The van der Waals surface area contributed by atoms with Crippen molar-refractivity contribution in [2.45, 2.75) is 45.4 Å². The number of likely N-dealkylation sites (tertiary alicyclic amines) is 1. The molecule has 0 saturated carbocycles. The third-order valence-electron chi connectivity index (χ3n) is 3.93. The zero-order valence-corrected chi connectivity index (χ0v) is 12.8. The molecule has 1 saturated heterocycles. The number of nitrogens with zero attached hydrogens (tertiary/aromatic N) is 2. The van der Waals surface area contributed by atoms with Gasteiger partial charge >= 0.3 is 0 Å². The summed E-state index contributed by atoms with van der Waals surface area (Å²) in [5.74, 6) is -0.0395. The van der Waals surface area contributed by atoms with E-state index in [0.717, 1.165) is 31.7 Å². The van der Waals surface area contributed by atoms with Crippen molar-refractivity contribution < 1.29 is 9.90 Å². The van der Waals surface area contributed by atoms with Crippen molar-refractivity contribution in [1.82, 2.24) is 15.2 Å². The van der Waals surface area contributed by atoms with E-state index in [1.54, 1.807) is 6.20 Å². The molecule has 116 valence electrons. The lowest BCUT2D eigenvalue weighted by molar-refractivity contribution is -0.125. The third-order valence-corrected chi connectivity index (χ3v) is 3.93. The minimum absolute atomic E-state index is 0.0113. The Bertz CT molecular complexity index is 450. The van der Waals surface area contributed by atoms with E-state index >= 15 is 0 Å². The van der Waals surface area contributed by atoms with Crippen molar-refractivity contribution >= 4 is 5.91 Å². The number of carbonyl (C=O) groups excluding carboxylic acids is 1. The fraction of sp³-hybridized carbons (Fsp3) is 0.625. The molecule has 2 rings (SSSR count). The molecule has 5 heteroatoms. The number of rotatable bonds is 4. The van der Waals surface area contributed by atoms with Crippen LogP contribution in [0.3, 0.4) is 0 Å². The van der Waals surface area contributed by atoms with Crippen molar-refractivity contribution in [2.75, 3.05) is 13.1 Å². The standard InChI is InChI=1S/C16H25N3O2/c1-12(2)16(21)18-14-6-9-19(10-7-15(14)20)11-13-5-3-4-8-17-13/h3-5,8,12,14-15,20H,6-7,9-11H2,1-2H3,(H,18,21)/t14-,15-/m0/s1. The minimum Gasteiger partial charge on any atom is -0.391 e. The fourth-order valence-electron chi connectivity index (χ4n) is 2.54. The Hall–Kier alpha value is -1.46. The van der Waals surface area contributed by atoms with Gasteiger partial charge in [-0.1, -0.05) is 19.9 Å². The molecule has 0 bridgehead atoms. The van der Waals surface area contributed by atoms with Gasteiger partial charge in [0.1, 0.15) is 0 Å². The van der Waals surface area contributed by atoms with Crippen LogP contribution in [0, 0.1) is 5.92 Å². The summed E-state index contributed by atoms with van der Waals surface area (Å²) in [6, 6.07) is 5.77. The highest BCUT2D eigenvalue weighted by Crippen LogP contribution is 2.14. The summed E-state index contributed by atoms with van der Waals surface area (Å²) in [7, 11) is 0. The predicted octanol–water partition coefficient (Wildman–Crippen LogP) is 1.18. The molecule has 0 unspecified atom stereocenters. The van der Waals surface area contributed by atoms with Gasteiger partial charge in [0, 0.05) is 31.7 Å². The molecule has 1 aliphatic heterocycles. The van der Waals surface area contributed by atoms with Gasteiger partial charge in [-0.2, -0.15) is 0 Å². The Morgan fingerprint density at radius 1 is 1.43 bits per heavy atom. The molecule has 1 fully saturated rings. The van der Waals surface area contributed by atoms with Crippen LogP contribution in [0.2, 0.25) is 0 Å². The molecule has 1 aromatic heterocycles. The number of pyridine rings is 1. The molecule has 0 spiro atoms. The molecule has 1 aromatic rings. The maximum absolute atomic E-state index is 11.8. The topological polar surface area (TPSA) is 65.5 Å². The van der Waals surface area contributed by atoms with Crippen LogP contribution in [0.5, 0.6) is 0 Å². The number of aliphatic hydroxyl groups excluding tert-OH is 1. The second kappa shape index (κ2) is 7.52. The van der Waals surface area contributed by atoms with E-state index in [4.69, 9.17) is 0 Å². The van der Waals surface area contributed by atoms with Crippen molar-refractivity contribution in [3.8, 4) is 0 Å². The number of aliphatic hydroxyl groups is 1. The SMILES string of the molecule is CC(C)C(=O)N[C@H]1CCN(Cc2ccccn2)CC[C@@H]1O. The maximum Gasteiger partial charge on any atom is 0.222 e. The normalized spacial score (nSPS) is 23.8. The van der Waals surface area contributed by atoms with Gasteiger partial charge in [-0.05, 0) is 25.0 Å². The van der Waals surface area contributed by atoms with Gasteiger partial charge in [0.2, 0.25) is 5.91 Å². The van der Waals surface area contributed by atoms with Gasteiger partial charge in [-0.3, -0.25) is 14.7 Å². The zero-order chi connectivity index (χ0) is 15.2. The van der Waals surface area contributed by atoms with Crippen LogP contribution in [0.4, 0.5) is 0 Å². The van der Waals surface area contributed by atoms with Gasteiger partial charge in [0.25, 0.3) is 0 Å². The Kier molecular flexibility index (Phi) is 5.70. The number of nitrogens with one attached hydrogen (secondary N) is 1. The van der Waals surface area contributed by atoms with Gasteiger partial charge in [0.15, 0.2) is 0 Å². The van der Waals surface area contributed by atoms with E-state index in [2.05, 4.69) is 15.2 Å². The molecule has 2 N–H and O–H groups in total. The molecule has 2 atom stereocenters. The maximum atomic E-state index is 11.8. The number of hydrogen-bond donors (Lipinski definition) is 2. The number of carbonyl (C=O) groups is 1. The van der Waals surface area contributed by atoms with Gasteiger partial charge < -0.3 is 10.4 Å². The summed E-state index contributed by atoms with van der Waals surface area (Å²) in [6.45, 7) is 6.21. The molecular formula is C16H25N3O2. The lowest BCUT2D eigenvalue weighted by Gasteiger charge is -2.22. The Morgan fingerprint density at radius 3 is 2.86 bits per heavy atom. The molecule has 2 heterocycles. The van der Waals surface area contributed by atoms with Crippen molar-refractivity contribution in [2.24, 2.45) is 5.92 Å². The van der Waals surface area contributed by atoms with Crippen molar-refractivity contribution in [3.05, 3.63) is 30.1 Å². The highest BCUT2D eigenvalue weighted by atomic mass is 16.3. The Balaban J connectivity index is 1.89. The first-order valence-electron chi connectivity index (χ1n) is 7.67. The summed E-state index contributed by atoms with van der Waals surface area (Å²) in [6.07, 6.45) is 2.78. The molecule has 0 radical (unpaired) electrons. The summed E-state index contributed by atoms with van der Waals surface area (Å²) in [5.41, 5.74) is 1.04. The van der Waals surface area contributed by atoms with Crippen molar-refractivity contribution in [3.63, 3.8) is 0 Å². The van der Waals surface area contributed by atoms with Crippen LogP contribution in [-0.4, -0.2) is 46.1 Å². The first-order chi connectivity index (χ1) is 10.1. The van der Waals surface area contributed by atoms with Crippen LogP contribution in [-0.2, 0) is 11.3 Å². The van der Waals surface area contributed by atoms with E-state index in [-0.39, 0.29) is 17.9 Å². The highest BCUT2D eigenvalue weighted by molar-refractivity contribution is 5.78. The molecule has 1 aliphatic rings. The molecule has 21 heavy (non-hydrogen) atoms. The average Bonchev–Trinajstić information content (AvgIpc) is 2.64. The van der Waals surface area contributed by atoms with E-state index in [0.29, 0.717) is 6.42 Å². The molecule has 1 amide bonds. The van der Waals surface area contributed by atoms with Gasteiger partial charge in [-0.15, -0.1) is 0 Å². The smallest absolute Gasteiger partial charge is 0.222 e. The van der Waals surface area contributed by atoms with Crippen LogP contribution in [0.25, 0.3) is 0 Å². The monoisotopic (exact) mass is 291 g/mol. The lowest BCUT2D eigenvalue weighted by Crippen LogP contribution is -2.44. The van der Waals surface area contributed by atoms with E-state index in [1.807, 2.05) is 32.0 Å². The van der Waals surface area contributed by atoms with E-state index < -0.39 is 6.10 Å². The molecule has 0 aliphatic carbocycles. The average molecular weight is 291 g/mol. The summed E-state index contributed by atoms with van der Waals surface area (Å²) in [4.78, 5) is 18.4. The molecule has 0 aromatic carbocycles. The van der Waals surface area contributed by atoms with Crippen LogP contribution in [0.15, 0.2) is 24.4 Å². The number of amides is 1. The minimum atomic E-state index is -0.471. The quantitative estimate of drug-likeness (QED) is 0.874. The predicted molar refractivity (Wildman–Crippen MR) is 81.5 cm³/mol. The first-order valence-corrected chi connectivity index (χ1v) is 7.67. The second-order valence-corrected chi connectivity index (χ2v) is 6.01. The first kappa shape index (κ1) is 15.9. The largest absolute Gasteiger partial charge is 0.391 e. The number of aromatic nitrogens is 1. The lowest BCUT2D eigenvalue weighted by atomic mass is 10.1. The van der Waals surface area contributed by atoms with Crippen LogP contribution in [0.1, 0.15) is 32.4 Å². The summed E-state index contributed by atoms with van der Waals surface area (Å²) in [5, 5.41) is 13.2. The third kappa shape index (κ3) is 4.79. The second-order valence-electron chi connectivity index (χ2n) is 6.01. The Morgan fingerprint density at radius 2 is 2.19 bits per heavy atom. The highest BCUT2D eigenvalue weighted by Gasteiger charge is 2.26. The number of hydrogen-bond acceptors (Lipinski definition) is 4. The van der Waals surface area contributed by atoms with Crippen molar-refractivity contribution in [1.29, 1.82) is 0 Å². The fourth-order valence-corrected chi connectivity index (χ4v) is 2.54.